The molecule has 0 saturated carbocycles. The molecule has 0 saturated heterocycles. The highest BCUT2D eigenvalue weighted by atomic mass is 16.5. The van der Waals surface area contributed by atoms with Gasteiger partial charge in [0.15, 0.2) is 0 Å². The molecule has 1 aromatic rings. The van der Waals surface area contributed by atoms with Crippen LogP contribution in [0.2, 0.25) is 0 Å². The van der Waals surface area contributed by atoms with Gasteiger partial charge in [0.2, 0.25) is 0 Å². The van der Waals surface area contributed by atoms with Crippen molar-refractivity contribution < 1.29 is 24.2 Å². The average molecular weight is 267 g/mol. The number of esters is 1. The highest BCUT2D eigenvalue weighted by molar-refractivity contribution is 5.73. The zero-order valence-corrected chi connectivity index (χ0v) is 10.9. The van der Waals surface area contributed by atoms with Crippen LogP contribution in [0.3, 0.4) is 0 Å². The summed E-state index contributed by atoms with van der Waals surface area (Å²) in [7, 11) is 1.32. The van der Waals surface area contributed by atoms with Gasteiger partial charge in [-0.05, 0) is 35.7 Å². The van der Waals surface area contributed by atoms with Crippen molar-refractivity contribution in [1.29, 1.82) is 0 Å². The van der Waals surface area contributed by atoms with Crippen molar-refractivity contribution in [3.05, 3.63) is 28.8 Å². The Labute approximate surface area is 111 Å². The van der Waals surface area contributed by atoms with Crippen molar-refractivity contribution in [1.82, 2.24) is 0 Å². The van der Waals surface area contributed by atoms with Gasteiger partial charge in [-0.25, -0.2) is 4.79 Å². The highest BCUT2D eigenvalue weighted by Gasteiger charge is 2.11. The van der Waals surface area contributed by atoms with Gasteiger partial charge in [-0.3, -0.25) is 4.79 Å². The molecule has 0 heterocycles. The Balaban J connectivity index is 2.86. The number of hydrogen-bond acceptors (Lipinski definition) is 5. The fourth-order valence-corrected chi connectivity index (χ4v) is 1.68. The first-order chi connectivity index (χ1) is 8.93. The van der Waals surface area contributed by atoms with E-state index in [4.69, 9.17) is 15.6 Å². The molecule has 3 N–H and O–H groups in total. The Morgan fingerprint density at radius 3 is 2.53 bits per heavy atom. The predicted molar refractivity (Wildman–Crippen MR) is 68.6 cm³/mol. The molecule has 0 radical (unpaired) electrons. The lowest BCUT2D eigenvalue weighted by Crippen LogP contribution is -2.10. The van der Waals surface area contributed by atoms with Crippen molar-refractivity contribution in [3.63, 3.8) is 0 Å². The van der Waals surface area contributed by atoms with E-state index in [2.05, 4.69) is 4.74 Å². The minimum absolute atomic E-state index is 0.124. The molecule has 0 atom stereocenters. The van der Waals surface area contributed by atoms with E-state index in [0.717, 1.165) is 16.7 Å². The molecule has 0 amide bonds. The molecule has 0 fully saturated rings. The first-order valence-corrected chi connectivity index (χ1v) is 5.68. The summed E-state index contributed by atoms with van der Waals surface area (Å²) < 4.78 is 9.64. The van der Waals surface area contributed by atoms with Gasteiger partial charge in [0.05, 0.1) is 20.1 Å². The van der Waals surface area contributed by atoms with Crippen molar-refractivity contribution in [2.24, 2.45) is 0 Å². The van der Waals surface area contributed by atoms with Gasteiger partial charge in [0, 0.05) is 5.69 Å². The first kappa shape index (κ1) is 15.0. The van der Waals surface area contributed by atoms with Crippen molar-refractivity contribution in [3.8, 4) is 0 Å². The molecule has 6 nitrogen and oxygen atoms in total. The zero-order valence-electron chi connectivity index (χ0n) is 10.9. The number of carboxylic acids is 1. The second kappa shape index (κ2) is 6.75. The topological polar surface area (TPSA) is 98.9 Å². The van der Waals surface area contributed by atoms with Crippen LogP contribution in [0.5, 0.6) is 0 Å². The van der Waals surface area contributed by atoms with Crippen molar-refractivity contribution in [2.45, 2.75) is 20.0 Å². The Morgan fingerprint density at radius 2 is 1.95 bits per heavy atom. The van der Waals surface area contributed by atoms with Crippen LogP contribution < -0.4 is 5.73 Å². The number of nitrogen functional groups attached to an aromatic ring is 1. The number of rotatable bonds is 6. The molecular formula is C13H17NO5. The van der Waals surface area contributed by atoms with Gasteiger partial charge in [-0.2, -0.15) is 0 Å². The Bertz CT molecular complexity index is 484. The van der Waals surface area contributed by atoms with E-state index in [1.807, 2.05) is 6.92 Å². The summed E-state index contributed by atoms with van der Waals surface area (Å²) in [5.74, 6) is -1.39. The van der Waals surface area contributed by atoms with Gasteiger partial charge < -0.3 is 20.3 Å². The normalized spacial score (nSPS) is 10.2. The van der Waals surface area contributed by atoms with Gasteiger partial charge in [0.25, 0.3) is 0 Å². The van der Waals surface area contributed by atoms with Gasteiger partial charge in [-0.15, -0.1) is 0 Å². The molecule has 0 aliphatic heterocycles. The SMILES string of the molecule is COC(=O)Cc1cc(N)cc(COCC(=O)O)c1C. The largest absolute Gasteiger partial charge is 0.480 e. The molecule has 0 bridgehead atoms. The van der Waals surface area contributed by atoms with E-state index in [1.165, 1.54) is 7.11 Å². The maximum absolute atomic E-state index is 11.3. The predicted octanol–water partition coefficient (Wildman–Crippen LogP) is 0.894. The second-order valence-corrected chi connectivity index (χ2v) is 4.10. The van der Waals surface area contributed by atoms with E-state index in [9.17, 15) is 9.59 Å². The first-order valence-electron chi connectivity index (χ1n) is 5.68. The summed E-state index contributed by atoms with van der Waals surface area (Å²) in [4.78, 5) is 21.7. The molecule has 0 aromatic heterocycles. The van der Waals surface area contributed by atoms with Crippen LogP contribution in [-0.2, 0) is 32.1 Å². The van der Waals surface area contributed by atoms with Crippen LogP contribution in [0.25, 0.3) is 0 Å². The lowest BCUT2D eigenvalue weighted by molar-refractivity contribution is -0.142. The number of nitrogens with two attached hydrogens (primary N) is 1. The minimum Gasteiger partial charge on any atom is -0.480 e. The monoisotopic (exact) mass is 267 g/mol. The van der Waals surface area contributed by atoms with Gasteiger partial charge in [-0.1, -0.05) is 0 Å². The lowest BCUT2D eigenvalue weighted by atomic mass is 9.99. The third-order valence-corrected chi connectivity index (χ3v) is 2.69. The molecule has 0 aliphatic rings. The quantitative estimate of drug-likeness (QED) is 0.586. The number of carbonyl (C=O) groups is 2. The molecule has 104 valence electrons. The van der Waals surface area contributed by atoms with Crippen molar-refractivity contribution in [2.75, 3.05) is 19.5 Å². The molecule has 0 aliphatic carbocycles. The summed E-state index contributed by atoms with van der Waals surface area (Å²) in [5, 5.41) is 8.51. The number of ether oxygens (including phenoxy) is 2. The number of carboxylic acid groups (broad SMARTS) is 1. The molecule has 1 rings (SSSR count). The van der Waals surface area contributed by atoms with E-state index >= 15 is 0 Å². The van der Waals surface area contributed by atoms with Crippen LogP contribution in [0, 0.1) is 6.92 Å². The maximum Gasteiger partial charge on any atom is 0.329 e. The van der Waals surface area contributed by atoms with Crippen LogP contribution >= 0.6 is 0 Å². The summed E-state index contributed by atoms with van der Waals surface area (Å²) in [6.45, 7) is 1.59. The standard InChI is InChI=1S/C13H17NO5/c1-8-9(5-13(17)18-2)3-11(14)4-10(8)6-19-7-12(15)16/h3-4H,5-7,14H2,1-2H3,(H,15,16). The van der Waals surface area contributed by atoms with Gasteiger partial charge >= 0.3 is 11.9 Å². The molecule has 1 aromatic carbocycles. The molecular weight excluding hydrogens is 250 g/mol. The Morgan fingerprint density at radius 1 is 1.32 bits per heavy atom. The summed E-state index contributed by atoms with van der Waals surface area (Å²) in [5.41, 5.74) is 8.62. The Kier molecular flexibility index (Phi) is 5.32. The molecule has 6 heteroatoms. The number of hydrogen-bond donors (Lipinski definition) is 2. The number of carbonyl (C=O) groups excluding carboxylic acids is 1. The number of methoxy groups -OCH3 is 1. The van der Waals surface area contributed by atoms with E-state index in [1.54, 1.807) is 12.1 Å². The third kappa shape index (κ3) is 4.59. The summed E-state index contributed by atoms with van der Waals surface area (Å²) in [6, 6.07) is 3.41. The average Bonchev–Trinajstić information content (AvgIpc) is 2.34. The third-order valence-electron chi connectivity index (χ3n) is 2.69. The summed E-state index contributed by atoms with van der Waals surface area (Å²) >= 11 is 0. The van der Waals surface area contributed by atoms with Crippen LogP contribution in [0.15, 0.2) is 12.1 Å². The highest BCUT2D eigenvalue weighted by Crippen LogP contribution is 2.20. The molecule has 0 unspecified atom stereocenters. The smallest absolute Gasteiger partial charge is 0.329 e. The van der Waals surface area contributed by atoms with Crippen LogP contribution in [0.4, 0.5) is 5.69 Å². The number of aliphatic carboxylic acids is 1. The second-order valence-electron chi connectivity index (χ2n) is 4.10. The van der Waals surface area contributed by atoms with Crippen LogP contribution in [-0.4, -0.2) is 30.8 Å². The summed E-state index contributed by atoms with van der Waals surface area (Å²) in [6.07, 6.45) is 0.124. The number of benzene rings is 1. The van der Waals surface area contributed by atoms with Gasteiger partial charge in [0.1, 0.15) is 6.61 Å². The minimum atomic E-state index is -1.03. The lowest BCUT2D eigenvalue weighted by Gasteiger charge is -2.12. The van der Waals surface area contributed by atoms with Crippen molar-refractivity contribution >= 4 is 17.6 Å². The zero-order chi connectivity index (χ0) is 14.4. The fourth-order valence-electron chi connectivity index (χ4n) is 1.68. The van der Waals surface area contributed by atoms with E-state index < -0.39 is 5.97 Å². The fraction of sp³-hybridized carbons (Fsp3) is 0.385. The Hall–Kier alpha value is -2.08. The number of anilines is 1. The van der Waals surface area contributed by atoms with Crippen LogP contribution in [0.1, 0.15) is 16.7 Å². The van der Waals surface area contributed by atoms with E-state index in [-0.39, 0.29) is 25.6 Å². The molecule has 0 spiro atoms. The molecule has 19 heavy (non-hydrogen) atoms. The van der Waals surface area contributed by atoms with E-state index in [0.29, 0.717) is 5.69 Å². The maximum atomic E-state index is 11.3.